The van der Waals surface area contributed by atoms with Gasteiger partial charge in [-0.15, -0.1) is 0 Å². The molecule has 1 aromatic carbocycles. The van der Waals surface area contributed by atoms with Gasteiger partial charge in [-0.2, -0.15) is 8.42 Å². The molecular formula is C13H13BrFN3O2S. The quantitative estimate of drug-likeness (QED) is 0.843. The van der Waals surface area contributed by atoms with Crippen LogP contribution in [0.3, 0.4) is 0 Å². The summed E-state index contributed by atoms with van der Waals surface area (Å²) in [7, 11) is -3.98. The van der Waals surface area contributed by atoms with Gasteiger partial charge >= 0.3 is 0 Å². The van der Waals surface area contributed by atoms with Gasteiger partial charge in [0.1, 0.15) is 5.82 Å². The van der Waals surface area contributed by atoms with Crippen molar-refractivity contribution in [2.45, 2.75) is 11.9 Å². The van der Waals surface area contributed by atoms with Crippen molar-refractivity contribution in [1.82, 2.24) is 4.98 Å². The SMILES string of the molecule is CCNc1cccnc1S(=O)(=O)Nc1ccc(Br)cc1F. The summed E-state index contributed by atoms with van der Waals surface area (Å²) < 4.78 is 41.2. The van der Waals surface area contributed by atoms with Crippen molar-refractivity contribution in [1.29, 1.82) is 0 Å². The van der Waals surface area contributed by atoms with Gasteiger partial charge in [-0.25, -0.2) is 9.37 Å². The van der Waals surface area contributed by atoms with Crippen LogP contribution in [0.15, 0.2) is 46.0 Å². The minimum Gasteiger partial charge on any atom is -0.383 e. The zero-order chi connectivity index (χ0) is 15.5. The number of hydrogen-bond acceptors (Lipinski definition) is 4. The number of pyridine rings is 1. The van der Waals surface area contributed by atoms with Crippen LogP contribution in [-0.4, -0.2) is 19.9 Å². The average Bonchev–Trinajstić information content (AvgIpc) is 2.43. The maximum atomic E-state index is 13.8. The van der Waals surface area contributed by atoms with E-state index < -0.39 is 15.8 Å². The number of nitrogens with zero attached hydrogens (tertiary/aromatic N) is 1. The summed E-state index contributed by atoms with van der Waals surface area (Å²) >= 11 is 3.11. The van der Waals surface area contributed by atoms with E-state index in [4.69, 9.17) is 0 Å². The number of rotatable bonds is 5. The highest BCUT2D eigenvalue weighted by Crippen LogP contribution is 2.24. The number of halogens is 2. The molecule has 0 aliphatic heterocycles. The van der Waals surface area contributed by atoms with Crippen molar-refractivity contribution in [3.63, 3.8) is 0 Å². The van der Waals surface area contributed by atoms with Crippen LogP contribution in [0.2, 0.25) is 0 Å². The number of anilines is 2. The van der Waals surface area contributed by atoms with Crippen molar-refractivity contribution >= 4 is 37.3 Å². The normalized spacial score (nSPS) is 11.2. The van der Waals surface area contributed by atoms with Gasteiger partial charge in [-0.1, -0.05) is 15.9 Å². The van der Waals surface area contributed by atoms with Crippen LogP contribution < -0.4 is 10.0 Å². The minimum absolute atomic E-state index is 0.133. The summed E-state index contributed by atoms with van der Waals surface area (Å²) in [5.41, 5.74) is 0.233. The van der Waals surface area contributed by atoms with Gasteiger partial charge < -0.3 is 5.32 Å². The van der Waals surface area contributed by atoms with E-state index in [9.17, 15) is 12.8 Å². The van der Waals surface area contributed by atoms with E-state index in [2.05, 4.69) is 31.0 Å². The van der Waals surface area contributed by atoms with E-state index in [1.165, 1.54) is 18.3 Å². The van der Waals surface area contributed by atoms with Crippen LogP contribution in [-0.2, 0) is 10.0 Å². The predicted molar refractivity (Wildman–Crippen MR) is 83.3 cm³/mol. The molecule has 5 nitrogen and oxygen atoms in total. The Morgan fingerprint density at radius 3 is 2.71 bits per heavy atom. The van der Waals surface area contributed by atoms with Gasteiger partial charge in [0.2, 0.25) is 0 Å². The zero-order valence-corrected chi connectivity index (χ0v) is 13.5. The van der Waals surface area contributed by atoms with E-state index in [0.717, 1.165) is 0 Å². The number of sulfonamides is 1. The summed E-state index contributed by atoms with van der Waals surface area (Å²) in [4.78, 5) is 3.87. The third kappa shape index (κ3) is 3.70. The number of nitrogens with one attached hydrogen (secondary N) is 2. The minimum atomic E-state index is -3.98. The Morgan fingerprint density at radius 2 is 2.05 bits per heavy atom. The summed E-state index contributed by atoms with van der Waals surface area (Å²) in [6.45, 7) is 2.38. The largest absolute Gasteiger partial charge is 0.383 e. The lowest BCUT2D eigenvalue weighted by Crippen LogP contribution is -2.17. The third-order valence-corrected chi connectivity index (χ3v) is 4.38. The van der Waals surface area contributed by atoms with E-state index in [1.807, 2.05) is 6.92 Å². The van der Waals surface area contributed by atoms with Gasteiger partial charge in [0, 0.05) is 17.2 Å². The Bertz CT molecular complexity index is 753. The standard InChI is InChI=1S/C13H13BrFN3O2S/c1-2-16-12-4-3-7-17-13(12)21(19,20)18-11-6-5-9(14)8-10(11)15/h3-8,16,18H,2H2,1H3. The van der Waals surface area contributed by atoms with Crippen LogP contribution in [0, 0.1) is 5.82 Å². The van der Waals surface area contributed by atoms with Crippen molar-refractivity contribution < 1.29 is 12.8 Å². The molecule has 0 saturated heterocycles. The van der Waals surface area contributed by atoms with Crippen LogP contribution >= 0.6 is 15.9 Å². The number of hydrogen-bond donors (Lipinski definition) is 2. The first-order valence-electron chi connectivity index (χ1n) is 6.11. The molecule has 0 unspecified atom stereocenters. The fraction of sp³-hybridized carbons (Fsp3) is 0.154. The molecule has 1 aromatic heterocycles. The molecule has 0 spiro atoms. The molecule has 0 amide bonds. The molecule has 0 atom stereocenters. The molecular weight excluding hydrogens is 361 g/mol. The second kappa shape index (κ2) is 6.40. The smallest absolute Gasteiger partial charge is 0.281 e. The van der Waals surface area contributed by atoms with E-state index in [1.54, 1.807) is 18.2 Å². The fourth-order valence-corrected chi connectivity index (χ4v) is 3.21. The zero-order valence-electron chi connectivity index (χ0n) is 11.1. The molecule has 2 rings (SSSR count). The molecule has 0 saturated carbocycles. The third-order valence-electron chi connectivity index (χ3n) is 2.57. The molecule has 0 aliphatic carbocycles. The first kappa shape index (κ1) is 15.7. The van der Waals surface area contributed by atoms with Crippen LogP contribution in [0.5, 0.6) is 0 Å². The van der Waals surface area contributed by atoms with Crippen molar-refractivity contribution in [2.24, 2.45) is 0 Å². The van der Waals surface area contributed by atoms with Gasteiger partial charge in [-0.05, 0) is 37.3 Å². The molecule has 2 aromatic rings. The first-order chi connectivity index (χ1) is 9.94. The summed E-state index contributed by atoms with van der Waals surface area (Å²) in [6, 6.07) is 7.29. The molecule has 2 N–H and O–H groups in total. The van der Waals surface area contributed by atoms with Crippen molar-refractivity contribution in [3.8, 4) is 0 Å². The molecule has 0 fully saturated rings. The van der Waals surface area contributed by atoms with Crippen LogP contribution in [0.1, 0.15) is 6.92 Å². The molecule has 0 radical (unpaired) electrons. The Hall–Kier alpha value is -1.67. The summed E-state index contributed by atoms with van der Waals surface area (Å²) in [5, 5.41) is 2.74. The van der Waals surface area contributed by atoms with E-state index >= 15 is 0 Å². The maximum absolute atomic E-state index is 13.8. The first-order valence-corrected chi connectivity index (χ1v) is 8.38. The molecule has 0 bridgehead atoms. The van der Waals surface area contributed by atoms with Crippen molar-refractivity contribution in [3.05, 3.63) is 46.8 Å². The molecule has 0 aliphatic rings. The highest BCUT2D eigenvalue weighted by molar-refractivity contribution is 9.10. The van der Waals surface area contributed by atoms with Gasteiger partial charge in [0.05, 0.1) is 11.4 Å². The second-order valence-corrected chi connectivity index (χ2v) is 6.63. The second-order valence-electron chi connectivity index (χ2n) is 4.12. The van der Waals surface area contributed by atoms with E-state index in [0.29, 0.717) is 16.7 Å². The van der Waals surface area contributed by atoms with Crippen LogP contribution in [0.25, 0.3) is 0 Å². The maximum Gasteiger partial charge on any atom is 0.281 e. The lowest BCUT2D eigenvalue weighted by molar-refractivity contribution is 0.595. The predicted octanol–water partition coefficient (Wildman–Crippen LogP) is 3.22. The molecule has 112 valence electrons. The summed E-state index contributed by atoms with van der Waals surface area (Å²) in [5.74, 6) is -0.672. The molecule has 8 heteroatoms. The topological polar surface area (TPSA) is 71.1 Å². The number of benzene rings is 1. The highest BCUT2D eigenvalue weighted by atomic mass is 79.9. The lowest BCUT2D eigenvalue weighted by atomic mass is 10.3. The van der Waals surface area contributed by atoms with Crippen molar-refractivity contribution in [2.75, 3.05) is 16.6 Å². The molecule has 21 heavy (non-hydrogen) atoms. The van der Waals surface area contributed by atoms with Gasteiger partial charge in [-0.3, -0.25) is 4.72 Å². The number of aromatic nitrogens is 1. The fourth-order valence-electron chi connectivity index (χ4n) is 1.70. The Morgan fingerprint density at radius 1 is 1.29 bits per heavy atom. The van der Waals surface area contributed by atoms with Crippen LogP contribution in [0.4, 0.5) is 15.8 Å². The van der Waals surface area contributed by atoms with Gasteiger partial charge in [0.25, 0.3) is 10.0 Å². The Labute approximate surface area is 130 Å². The monoisotopic (exact) mass is 373 g/mol. The Balaban J connectivity index is 2.39. The van der Waals surface area contributed by atoms with E-state index in [-0.39, 0.29) is 10.7 Å². The lowest BCUT2D eigenvalue weighted by Gasteiger charge is -2.12. The highest BCUT2D eigenvalue weighted by Gasteiger charge is 2.21. The van der Waals surface area contributed by atoms with Gasteiger partial charge in [0.15, 0.2) is 5.03 Å². The Kier molecular flexibility index (Phi) is 4.79. The average molecular weight is 374 g/mol. The summed E-state index contributed by atoms with van der Waals surface area (Å²) in [6.07, 6.45) is 1.37. The molecule has 1 heterocycles.